The first kappa shape index (κ1) is 35.7. The summed E-state index contributed by atoms with van der Waals surface area (Å²) in [5.41, 5.74) is 2.91. The van der Waals surface area contributed by atoms with Crippen molar-refractivity contribution in [2.45, 2.75) is 139 Å². The van der Waals surface area contributed by atoms with Crippen molar-refractivity contribution in [2.24, 2.45) is 68.0 Å². The molecule has 7 rings (SSSR count). The van der Waals surface area contributed by atoms with Crippen molar-refractivity contribution in [3.8, 4) is 0 Å². The molecule has 0 N–H and O–H groups in total. The Hall–Kier alpha value is -1.65. The fraction of sp³-hybridized carbons (Fsp3) is 0.800. The highest BCUT2D eigenvalue weighted by Crippen LogP contribution is 2.75. The molecule has 2 bridgehead atoms. The molecule has 1 saturated heterocycles. The second kappa shape index (κ2) is 12.5. The van der Waals surface area contributed by atoms with Gasteiger partial charge < -0.3 is 14.2 Å². The molecular weight excluding hydrogens is 604 g/mol. The summed E-state index contributed by atoms with van der Waals surface area (Å²) in [6, 6.07) is 10.2. The Labute approximate surface area is 298 Å². The summed E-state index contributed by atoms with van der Waals surface area (Å²) in [6.07, 6.45) is 15.0. The Morgan fingerprint density at radius 2 is 1.63 bits per heavy atom. The molecule has 4 saturated carbocycles. The molecule has 1 aromatic carbocycles. The van der Waals surface area contributed by atoms with Crippen LogP contribution >= 0.6 is 0 Å². The summed E-state index contributed by atoms with van der Waals surface area (Å²) in [5, 5.41) is 0. The molecule has 5 fully saturated rings. The van der Waals surface area contributed by atoms with E-state index in [9.17, 15) is 4.79 Å². The lowest BCUT2D eigenvalue weighted by molar-refractivity contribution is -0.254. The SMILES string of the molecule is CC(C)[C@@H](C)[C@@]1(C)CC[C@]2(C)[C@H]3CC[C@@H]4[C@@]5(COC[C@@]4(C)[C@@H](OCC4(C)CCCC4)[C@H](C)C5)C3=CC[C@@]2(C)[C@@H]1C(=O)OCc1ccccc1. The van der Waals surface area contributed by atoms with Gasteiger partial charge in [-0.1, -0.05) is 117 Å². The molecule has 4 nitrogen and oxygen atoms in total. The quantitative estimate of drug-likeness (QED) is 0.204. The Bertz CT molecular complexity index is 1410. The highest BCUT2D eigenvalue weighted by atomic mass is 16.5. The van der Waals surface area contributed by atoms with Crippen molar-refractivity contribution >= 4 is 5.97 Å². The van der Waals surface area contributed by atoms with Crippen LogP contribution < -0.4 is 0 Å². The molecule has 5 aliphatic carbocycles. The minimum Gasteiger partial charge on any atom is -0.461 e. The van der Waals surface area contributed by atoms with Gasteiger partial charge >= 0.3 is 5.97 Å². The summed E-state index contributed by atoms with van der Waals surface area (Å²) in [5.74, 6) is 2.34. The number of carbonyl (C=O) groups excluding carboxylic acids is 1. The maximum atomic E-state index is 14.7. The first-order valence-corrected chi connectivity index (χ1v) is 20.2. The first-order chi connectivity index (χ1) is 23.1. The largest absolute Gasteiger partial charge is 0.461 e. The molecule has 272 valence electrons. The lowest BCUT2D eigenvalue weighted by Gasteiger charge is -2.71. The lowest BCUT2D eigenvalue weighted by atomic mass is 9.34. The molecule has 11 atom stereocenters. The van der Waals surface area contributed by atoms with Crippen LogP contribution in [-0.2, 0) is 25.6 Å². The van der Waals surface area contributed by atoms with Gasteiger partial charge in [-0.25, -0.2) is 0 Å². The number of ether oxygens (including phenoxy) is 3. The van der Waals surface area contributed by atoms with Gasteiger partial charge in [-0.15, -0.1) is 0 Å². The molecule has 0 radical (unpaired) electrons. The molecule has 0 aromatic heterocycles. The van der Waals surface area contributed by atoms with Gasteiger partial charge in [0.1, 0.15) is 6.61 Å². The van der Waals surface area contributed by atoms with Gasteiger partial charge in [0.25, 0.3) is 0 Å². The summed E-state index contributed by atoms with van der Waals surface area (Å²) in [6.45, 7) is 25.0. The van der Waals surface area contributed by atoms with Gasteiger partial charge in [0.15, 0.2) is 0 Å². The van der Waals surface area contributed by atoms with Crippen LogP contribution in [0, 0.1) is 68.0 Å². The minimum atomic E-state index is -0.184. The van der Waals surface area contributed by atoms with Gasteiger partial charge in [0.05, 0.1) is 31.8 Å². The fourth-order valence-corrected chi connectivity index (χ4v) is 13.8. The average Bonchev–Trinajstić information content (AvgIpc) is 3.50. The number of benzene rings is 1. The molecule has 1 heterocycles. The summed E-state index contributed by atoms with van der Waals surface area (Å²) >= 11 is 0. The molecule has 49 heavy (non-hydrogen) atoms. The predicted molar refractivity (Wildman–Crippen MR) is 198 cm³/mol. The van der Waals surface area contributed by atoms with Crippen LogP contribution in [-0.4, -0.2) is 31.9 Å². The van der Waals surface area contributed by atoms with Crippen molar-refractivity contribution in [3.63, 3.8) is 0 Å². The van der Waals surface area contributed by atoms with E-state index in [4.69, 9.17) is 14.2 Å². The molecule has 1 aliphatic heterocycles. The van der Waals surface area contributed by atoms with Crippen molar-refractivity contribution in [1.82, 2.24) is 0 Å². The second-order valence-corrected chi connectivity index (χ2v) is 20.0. The van der Waals surface area contributed by atoms with Crippen LogP contribution in [0.1, 0.15) is 132 Å². The zero-order valence-electron chi connectivity index (χ0n) is 32.5. The molecule has 1 aromatic rings. The van der Waals surface area contributed by atoms with Crippen molar-refractivity contribution in [3.05, 3.63) is 47.5 Å². The number of hydrogen-bond acceptors (Lipinski definition) is 4. The monoisotopic (exact) mass is 673 g/mol. The van der Waals surface area contributed by atoms with E-state index in [1.165, 1.54) is 44.9 Å². The Morgan fingerprint density at radius 1 is 0.918 bits per heavy atom. The van der Waals surface area contributed by atoms with E-state index in [1.807, 2.05) is 18.2 Å². The lowest BCUT2D eigenvalue weighted by Crippen LogP contribution is -2.69. The van der Waals surface area contributed by atoms with E-state index in [1.54, 1.807) is 5.57 Å². The highest BCUT2D eigenvalue weighted by Gasteiger charge is 2.71. The third kappa shape index (κ3) is 5.37. The normalized spacial score (nSPS) is 44.7. The number of esters is 1. The van der Waals surface area contributed by atoms with Crippen LogP contribution in [0.25, 0.3) is 0 Å². The predicted octanol–water partition coefficient (Wildman–Crippen LogP) is 10.8. The molecule has 0 amide bonds. The number of hydrogen-bond donors (Lipinski definition) is 0. The van der Waals surface area contributed by atoms with Gasteiger partial charge in [-0.3, -0.25) is 4.79 Å². The maximum absolute atomic E-state index is 14.7. The van der Waals surface area contributed by atoms with Gasteiger partial charge in [-0.2, -0.15) is 0 Å². The van der Waals surface area contributed by atoms with Crippen molar-refractivity contribution in [2.75, 3.05) is 19.8 Å². The first-order valence-electron chi connectivity index (χ1n) is 20.2. The Balaban J connectivity index is 1.23. The van der Waals surface area contributed by atoms with E-state index in [2.05, 4.69) is 80.5 Å². The smallest absolute Gasteiger partial charge is 0.310 e. The maximum Gasteiger partial charge on any atom is 0.310 e. The Kier molecular flexibility index (Phi) is 9.11. The van der Waals surface area contributed by atoms with Crippen LogP contribution in [0.15, 0.2) is 42.0 Å². The zero-order valence-corrected chi connectivity index (χ0v) is 32.5. The van der Waals surface area contributed by atoms with E-state index < -0.39 is 0 Å². The van der Waals surface area contributed by atoms with E-state index in [-0.39, 0.29) is 45.1 Å². The minimum absolute atomic E-state index is 0.0188. The Morgan fingerprint density at radius 3 is 2.33 bits per heavy atom. The average molecular weight is 673 g/mol. The van der Waals surface area contributed by atoms with E-state index >= 15 is 0 Å². The van der Waals surface area contributed by atoms with Gasteiger partial charge in [0.2, 0.25) is 0 Å². The van der Waals surface area contributed by atoms with Crippen LogP contribution in [0.2, 0.25) is 0 Å². The van der Waals surface area contributed by atoms with Crippen LogP contribution in [0.3, 0.4) is 0 Å². The summed E-state index contributed by atoms with van der Waals surface area (Å²) in [4.78, 5) is 14.7. The number of allylic oxidation sites excluding steroid dienone is 1. The molecular formula is C45H68O4. The van der Waals surface area contributed by atoms with E-state index in [0.29, 0.717) is 41.6 Å². The highest BCUT2D eigenvalue weighted by molar-refractivity contribution is 5.75. The molecule has 0 spiro atoms. The van der Waals surface area contributed by atoms with Gasteiger partial charge in [-0.05, 0) is 108 Å². The van der Waals surface area contributed by atoms with E-state index in [0.717, 1.165) is 44.6 Å². The second-order valence-electron chi connectivity index (χ2n) is 20.0. The van der Waals surface area contributed by atoms with Crippen LogP contribution in [0.4, 0.5) is 0 Å². The topological polar surface area (TPSA) is 44.8 Å². The fourth-order valence-electron chi connectivity index (χ4n) is 13.8. The summed E-state index contributed by atoms with van der Waals surface area (Å²) in [7, 11) is 0. The standard InChI is InChI=1S/C45H68O4/c1-30(2)32(4)41(6)23-24-43(8)34-17-18-36-42(7)28-47-29-45(36,25-31(3)38(42)49-27-40(5)20-13-14-21-40)35(34)19-22-44(43,9)37(41)39(46)48-26-33-15-11-10-12-16-33/h10-12,15-16,19,30-32,34,36-38H,13-14,17-18,20-29H2,1-9H3/t31-,32-,34+,36+,37-,38+,41-,42-,43-,44+,45+/m1/s1. The van der Waals surface area contributed by atoms with Gasteiger partial charge in [0, 0.05) is 10.8 Å². The van der Waals surface area contributed by atoms with Crippen molar-refractivity contribution < 1.29 is 19.0 Å². The molecule has 6 aliphatic rings. The van der Waals surface area contributed by atoms with Crippen molar-refractivity contribution in [1.29, 1.82) is 0 Å². The number of fused-ring (bicyclic) bond motifs is 3. The third-order valence-corrected chi connectivity index (χ3v) is 17.0. The van der Waals surface area contributed by atoms with Crippen LogP contribution in [0.5, 0.6) is 0 Å². The number of rotatable bonds is 8. The molecule has 4 heteroatoms. The zero-order chi connectivity index (χ0) is 35.0. The summed E-state index contributed by atoms with van der Waals surface area (Å²) < 4.78 is 20.2. The third-order valence-electron chi connectivity index (χ3n) is 17.0. The molecule has 0 unspecified atom stereocenters. The number of carbonyl (C=O) groups is 1.